The maximum absolute atomic E-state index is 13.1. The third kappa shape index (κ3) is 7.78. The fourth-order valence-electron chi connectivity index (χ4n) is 4.50. The highest BCUT2D eigenvalue weighted by Gasteiger charge is 2.16. The van der Waals surface area contributed by atoms with Gasteiger partial charge in [0.05, 0.1) is 11.0 Å². The number of imidazole rings is 1. The van der Waals surface area contributed by atoms with Crippen molar-refractivity contribution in [1.82, 2.24) is 19.8 Å². The lowest BCUT2D eigenvalue weighted by Gasteiger charge is -2.19. The third-order valence-electron chi connectivity index (χ3n) is 6.60. The number of nitrogens with zero attached hydrogens (tertiary/aromatic N) is 3. The quantitative estimate of drug-likeness (QED) is 0.260. The van der Waals surface area contributed by atoms with Crippen LogP contribution in [-0.2, 0) is 35.5 Å². The standard InChI is InChI=1S/C31H36N4O2/c1-34(23-26-15-7-3-8-16-26)31(37)24-35-28-18-11-10-17-27(28)33-29(35)19-9-4-12-22-32-30(36)21-20-25-13-5-2-6-14-25/h2-3,5-8,10-11,13-18H,4,9,12,19-24H2,1H3,(H,32,36). The molecular weight excluding hydrogens is 460 g/mol. The van der Waals surface area contributed by atoms with Crippen molar-refractivity contribution in [3.05, 3.63) is 102 Å². The highest BCUT2D eigenvalue weighted by molar-refractivity contribution is 5.81. The number of aryl methyl sites for hydroxylation is 2. The summed E-state index contributed by atoms with van der Waals surface area (Å²) >= 11 is 0. The number of hydrogen-bond acceptors (Lipinski definition) is 3. The molecule has 0 spiro atoms. The number of amides is 2. The second-order valence-corrected chi connectivity index (χ2v) is 9.48. The fraction of sp³-hybridized carbons (Fsp3) is 0.323. The lowest BCUT2D eigenvalue weighted by atomic mass is 10.1. The maximum atomic E-state index is 13.1. The van der Waals surface area contributed by atoms with E-state index in [1.807, 2.05) is 79.8 Å². The summed E-state index contributed by atoms with van der Waals surface area (Å²) < 4.78 is 2.06. The van der Waals surface area contributed by atoms with Gasteiger partial charge in [-0.2, -0.15) is 0 Å². The van der Waals surface area contributed by atoms with E-state index in [9.17, 15) is 9.59 Å². The largest absolute Gasteiger partial charge is 0.356 e. The predicted octanol–water partition coefficient (Wildman–Crippen LogP) is 5.16. The Hall–Kier alpha value is -3.93. The minimum atomic E-state index is 0.0615. The summed E-state index contributed by atoms with van der Waals surface area (Å²) in [5.41, 5.74) is 4.21. The number of benzene rings is 3. The van der Waals surface area contributed by atoms with Gasteiger partial charge in [0, 0.05) is 33.0 Å². The van der Waals surface area contributed by atoms with E-state index in [-0.39, 0.29) is 18.4 Å². The first kappa shape index (κ1) is 26.1. The van der Waals surface area contributed by atoms with E-state index >= 15 is 0 Å². The molecule has 4 rings (SSSR count). The van der Waals surface area contributed by atoms with Crippen LogP contribution in [0.2, 0.25) is 0 Å². The van der Waals surface area contributed by atoms with Gasteiger partial charge in [-0.05, 0) is 42.5 Å². The van der Waals surface area contributed by atoms with Crippen molar-refractivity contribution in [3.8, 4) is 0 Å². The molecule has 0 saturated carbocycles. The molecule has 0 unspecified atom stereocenters. The molecule has 0 fully saturated rings. The SMILES string of the molecule is CN(Cc1ccccc1)C(=O)Cn1c(CCCCCNC(=O)CCc2ccccc2)nc2ccccc21. The van der Waals surface area contributed by atoms with Crippen molar-refractivity contribution in [3.63, 3.8) is 0 Å². The molecule has 0 atom stereocenters. The van der Waals surface area contributed by atoms with Crippen LogP contribution < -0.4 is 5.32 Å². The number of hydrogen-bond donors (Lipinski definition) is 1. The van der Waals surface area contributed by atoms with Crippen LogP contribution in [0.15, 0.2) is 84.9 Å². The molecular formula is C31H36N4O2. The molecule has 2 amide bonds. The third-order valence-corrected chi connectivity index (χ3v) is 6.60. The van der Waals surface area contributed by atoms with E-state index in [2.05, 4.69) is 22.0 Å². The van der Waals surface area contributed by atoms with Gasteiger partial charge < -0.3 is 14.8 Å². The molecule has 4 aromatic rings. The van der Waals surface area contributed by atoms with Crippen molar-refractivity contribution in [2.75, 3.05) is 13.6 Å². The number of likely N-dealkylation sites (N-methyl/N-ethyl adjacent to an activating group) is 1. The van der Waals surface area contributed by atoms with Gasteiger partial charge in [0.15, 0.2) is 0 Å². The van der Waals surface area contributed by atoms with Crippen LogP contribution in [0, 0.1) is 0 Å². The molecule has 192 valence electrons. The van der Waals surface area contributed by atoms with E-state index in [1.165, 1.54) is 5.56 Å². The Morgan fingerprint density at radius 1 is 0.811 bits per heavy atom. The zero-order valence-corrected chi connectivity index (χ0v) is 21.6. The summed E-state index contributed by atoms with van der Waals surface area (Å²) in [4.78, 5) is 31.8. The minimum absolute atomic E-state index is 0.0615. The predicted molar refractivity (Wildman–Crippen MR) is 148 cm³/mol. The lowest BCUT2D eigenvalue weighted by molar-refractivity contribution is -0.131. The summed E-state index contributed by atoms with van der Waals surface area (Å²) in [6.07, 6.45) is 4.95. The number of unbranched alkanes of at least 4 members (excludes halogenated alkanes) is 2. The number of rotatable bonds is 13. The van der Waals surface area contributed by atoms with Gasteiger partial charge in [0.1, 0.15) is 12.4 Å². The van der Waals surface area contributed by atoms with Gasteiger partial charge in [-0.25, -0.2) is 4.98 Å². The van der Waals surface area contributed by atoms with Crippen molar-refractivity contribution < 1.29 is 9.59 Å². The van der Waals surface area contributed by atoms with Gasteiger partial charge in [-0.3, -0.25) is 9.59 Å². The summed E-state index contributed by atoms with van der Waals surface area (Å²) in [6.45, 7) is 1.54. The molecule has 0 aliphatic rings. The first-order chi connectivity index (χ1) is 18.1. The summed E-state index contributed by atoms with van der Waals surface area (Å²) in [5.74, 6) is 1.10. The van der Waals surface area contributed by atoms with Gasteiger partial charge in [-0.1, -0.05) is 79.2 Å². The van der Waals surface area contributed by atoms with Gasteiger partial charge in [0.2, 0.25) is 11.8 Å². The van der Waals surface area contributed by atoms with Gasteiger partial charge in [0.25, 0.3) is 0 Å². The molecule has 0 bridgehead atoms. The van der Waals surface area contributed by atoms with E-state index in [0.717, 1.165) is 54.5 Å². The summed E-state index contributed by atoms with van der Waals surface area (Å²) in [5, 5.41) is 3.03. The Labute approximate surface area is 219 Å². The molecule has 0 saturated heterocycles. The number of para-hydroxylation sites is 2. The fourth-order valence-corrected chi connectivity index (χ4v) is 4.50. The van der Waals surface area contributed by atoms with E-state index < -0.39 is 0 Å². The highest BCUT2D eigenvalue weighted by atomic mass is 16.2. The van der Waals surface area contributed by atoms with E-state index in [1.54, 1.807) is 4.90 Å². The monoisotopic (exact) mass is 496 g/mol. The summed E-state index contributed by atoms with van der Waals surface area (Å²) in [7, 11) is 1.85. The molecule has 0 aliphatic carbocycles. The summed E-state index contributed by atoms with van der Waals surface area (Å²) in [6, 6.07) is 28.1. The Balaban J connectivity index is 1.25. The molecule has 37 heavy (non-hydrogen) atoms. The second-order valence-electron chi connectivity index (χ2n) is 9.48. The normalized spacial score (nSPS) is 10.9. The van der Waals surface area contributed by atoms with Gasteiger partial charge >= 0.3 is 0 Å². The second kappa shape index (κ2) is 13.4. The molecule has 1 heterocycles. The average Bonchev–Trinajstić information content (AvgIpc) is 3.27. The van der Waals surface area contributed by atoms with Crippen LogP contribution in [-0.4, -0.2) is 39.9 Å². The molecule has 1 N–H and O–H groups in total. The Morgan fingerprint density at radius 2 is 1.49 bits per heavy atom. The van der Waals surface area contributed by atoms with Crippen LogP contribution in [0.1, 0.15) is 42.6 Å². The average molecular weight is 497 g/mol. The van der Waals surface area contributed by atoms with E-state index in [0.29, 0.717) is 19.5 Å². The number of fused-ring (bicyclic) bond motifs is 1. The lowest BCUT2D eigenvalue weighted by Crippen LogP contribution is -2.30. The number of nitrogens with one attached hydrogen (secondary N) is 1. The van der Waals surface area contributed by atoms with Crippen LogP contribution in [0.3, 0.4) is 0 Å². The van der Waals surface area contributed by atoms with Crippen molar-refractivity contribution in [1.29, 1.82) is 0 Å². The Kier molecular flexibility index (Phi) is 9.47. The van der Waals surface area contributed by atoms with Crippen molar-refractivity contribution in [2.45, 2.75) is 51.6 Å². The maximum Gasteiger partial charge on any atom is 0.242 e. The zero-order valence-electron chi connectivity index (χ0n) is 21.6. The molecule has 6 heteroatoms. The molecule has 1 aromatic heterocycles. The smallest absolute Gasteiger partial charge is 0.242 e. The highest BCUT2D eigenvalue weighted by Crippen LogP contribution is 2.18. The van der Waals surface area contributed by atoms with Crippen LogP contribution in [0.5, 0.6) is 0 Å². The number of carbonyl (C=O) groups is 2. The Bertz CT molecular complexity index is 1280. The number of aromatic nitrogens is 2. The van der Waals surface area contributed by atoms with Gasteiger partial charge in [-0.15, -0.1) is 0 Å². The molecule has 6 nitrogen and oxygen atoms in total. The Morgan fingerprint density at radius 3 is 2.24 bits per heavy atom. The number of carbonyl (C=O) groups excluding carboxylic acids is 2. The van der Waals surface area contributed by atoms with Crippen LogP contribution in [0.4, 0.5) is 0 Å². The van der Waals surface area contributed by atoms with Crippen molar-refractivity contribution in [2.24, 2.45) is 0 Å². The molecule has 0 aliphatic heterocycles. The van der Waals surface area contributed by atoms with Crippen LogP contribution >= 0.6 is 0 Å². The van der Waals surface area contributed by atoms with Crippen LogP contribution in [0.25, 0.3) is 11.0 Å². The minimum Gasteiger partial charge on any atom is -0.356 e. The topological polar surface area (TPSA) is 67.2 Å². The molecule has 0 radical (unpaired) electrons. The first-order valence-electron chi connectivity index (χ1n) is 13.1. The first-order valence-corrected chi connectivity index (χ1v) is 13.1. The van der Waals surface area contributed by atoms with E-state index in [4.69, 9.17) is 4.98 Å². The van der Waals surface area contributed by atoms with Crippen molar-refractivity contribution >= 4 is 22.8 Å². The zero-order chi connectivity index (χ0) is 25.9. The molecule has 3 aromatic carbocycles.